The van der Waals surface area contributed by atoms with Crippen molar-refractivity contribution in [2.24, 2.45) is 17.8 Å². The summed E-state index contributed by atoms with van der Waals surface area (Å²) in [5.41, 5.74) is -3.70. The van der Waals surface area contributed by atoms with Gasteiger partial charge < -0.3 is 64.2 Å². The third-order valence-corrected chi connectivity index (χ3v) is 14.6. The van der Waals surface area contributed by atoms with Gasteiger partial charge in [0.1, 0.15) is 30.0 Å². The standard InChI is InChI=1S/C49H85N3O13/c1-15-37-49(11,59)41(54)33(7)52(23-19-22-50-44(56)30(4)35-20-17-16-18-21-35)27-28(2)25-47(9,58)43(65-46-39(53)36(51(12)13)24-29(3)61-46)31(5)40(32(6)45(57)63-37)64-38-26-48(10,60-14)42(55)34(8)62-38/h16-18,20-21,28-34,36-43,46,53-55,58-59H,15,19,22-27H2,1-14H3,(H,50,56)/t28-,29-,30?,31+,32-,33-,34+,36+,37-,38+,39-,40+,41-,42+,43-,46+,47-,48-,49-/m1/s1. The number of likely N-dealkylation sites (N-methyl/N-ethyl adjacent to an activating group) is 1. The molecule has 0 aliphatic carbocycles. The Bertz CT molecular complexity index is 1640. The summed E-state index contributed by atoms with van der Waals surface area (Å²) >= 11 is 0. The number of esters is 1. The molecule has 65 heavy (non-hydrogen) atoms. The molecule has 4 rings (SSSR count). The van der Waals surface area contributed by atoms with E-state index in [0.29, 0.717) is 32.5 Å². The van der Waals surface area contributed by atoms with E-state index < -0.39 is 96.0 Å². The van der Waals surface area contributed by atoms with Gasteiger partial charge in [-0.25, -0.2) is 0 Å². The minimum atomic E-state index is -1.91. The lowest BCUT2D eigenvalue weighted by atomic mass is 9.77. The summed E-state index contributed by atoms with van der Waals surface area (Å²) < 4.78 is 38.1. The quantitative estimate of drug-likeness (QED) is 0.124. The highest BCUT2D eigenvalue weighted by atomic mass is 16.7. The van der Waals surface area contributed by atoms with E-state index in [-0.39, 0.29) is 49.2 Å². The highest BCUT2D eigenvalue weighted by Crippen LogP contribution is 2.40. The van der Waals surface area contributed by atoms with E-state index in [4.69, 9.17) is 28.4 Å². The fourth-order valence-corrected chi connectivity index (χ4v) is 10.4. The number of nitrogens with one attached hydrogen (secondary N) is 1. The van der Waals surface area contributed by atoms with Gasteiger partial charge in [0.05, 0.1) is 47.5 Å². The van der Waals surface area contributed by atoms with Gasteiger partial charge in [-0.3, -0.25) is 14.5 Å². The number of cyclic esters (lactones) is 1. The first kappa shape index (κ1) is 55.3. The highest BCUT2D eigenvalue weighted by Gasteiger charge is 2.53. The maximum absolute atomic E-state index is 14.5. The number of carbonyl (C=O) groups is 2. The first-order chi connectivity index (χ1) is 30.3. The molecule has 3 heterocycles. The number of aliphatic hydroxyl groups is 5. The monoisotopic (exact) mass is 924 g/mol. The zero-order valence-electron chi connectivity index (χ0n) is 41.7. The molecule has 1 amide bonds. The molecule has 6 N–H and O–H groups in total. The molecule has 3 fully saturated rings. The van der Waals surface area contributed by atoms with Crippen molar-refractivity contribution < 1.29 is 63.5 Å². The van der Waals surface area contributed by atoms with Crippen LogP contribution in [0, 0.1) is 17.8 Å². The SMILES string of the molecule is CC[C@H]1OC(=O)[C@H](C)[C@@H](O[C@H]2C[C@@](C)(OC)[C@@H](O)[C@H](C)O2)[C@H](C)[C@@H](O[C@@H]2O[C@H](C)C[C@H](N(C)C)[C@H]2O)[C@](C)(O)C[C@@H](C)CN(CCCNC(=O)C(C)c2ccccc2)[C@H](C)[C@@H](O)[C@]1(C)O. The molecule has 3 aliphatic heterocycles. The number of hydrogen-bond donors (Lipinski definition) is 6. The van der Waals surface area contributed by atoms with Crippen LogP contribution in [0.3, 0.4) is 0 Å². The summed E-state index contributed by atoms with van der Waals surface area (Å²) in [6.45, 7) is 20.6. The number of rotatable bonds is 13. The summed E-state index contributed by atoms with van der Waals surface area (Å²) in [6.07, 6.45) is -8.41. The molecule has 1 unspecified atom stereocenters. The number of carbonyl (C=O) groups excluding carboxylic acids is 2. The predicted octanol–water partition coefficient (Wildman–Crippen LogP) is 3.58. The van der Waals surface area contributed by atoms with Crippen LogP contribution >= 0.6 is 0 Å². The predicted molar refractivity (Wildman–Crippen MR) is 246 cm³/mol. The Kier molecular flexibility index (Phi) is 19.8. The van der Waals surface area contributed by atoms with Crippen LogP contribution in [0.2, 0.25) is 0 Å². The van der Waals surface area contributed by atoms with E-state index in [1.807, 2.05) is 88.8 Å². The second-order valence-corrected chi connectivity index (χ2v) is 20.5. The molecule has 374 valence electrons. The maximum Gasteiger partial charge on any atom is 0.311 e. The number of aliphatic hydroxyl groups excluding tert-OH is 3. The molecule has 0 bridgehead atoms. The van der Waals surface area contributed by atoms with Crippen molar-refractivity contribution in [3.8, 4) is 0 Å². The average molecular weight is 924 g/mol. The summed E-state index contributed by atoms with van der Waals surface area (Å²) in [6, 6.07) is 8.57. The summed E-state index contributed by atoms with van der Waals surface area (Å²) in [4.78, 5) is 31.6. The smallest absolute Gasteiger partial charge is 0.311 e. The van der Waals surface area contributed by atoms with Crippen LogP contribution in [-0.4, -0.2) is 178 Å². The molecule has 1 aromatic carbocycles. The van der Waals surface area contributed by atoms with Crippen molar-refractivity contribution in [3.05, 3.63) is 35.9 Å². The lowest BCUT2D eigenvalue weighted by Gasteiger charge is -2.48. The second-order valence-electron chi connectivity index (χ2n) is 20.5. The van der Waals surface area contributed by atoms with E-state index in [0.717, 1.165) is 5.56 Å². The van der Waals surface area contributed by atoms with Crippen LogP contribution in [0.1, 0.15) is 120 Å². The Morgan fingerprint density at radius 2 is 1.62 bits per heavy atom. The molecule has 0 radical (unpaired) electrons. The van der Waals surface area contributed by atoms with Crippen LogP contribution in [0.4, 0.5) is 0 Å². The van der Waals surface area contributed by atoms with Crippen molar-refractivity contribution in [2.45, 2.75) is 204 Å². The first-order valence-electron chi connectivity index (χ1n) is 23.9. The molecular weight excluding hydrogens is 839 g/mol. The van der Waals surface area contributed by atoms with Crippen LogP contribution in [0.15, 0.2) is 30.3 Å². The van der Waals surface area contributed by atoms with Crippen LogP contribution in [0.25, 0.3) is 0 Å². The molecule has 0 spiro atoms. The van der Waals surface area contributed by atoms with Gasteiger partial charge in [-0.1, -0.05) is 51.1 Å². The Balaban J connectivity index is 1.75. The average Bonchev–Trinajstić information content (AvgIpc) is 3.25. The third-order valence-electron chi connectivity index (χ3n) is 14.6. The molecular formula is C49H85N3O13. The van der Waals surface area contributed by atoms with Crippen molar-refractivity contribution in [1.29, 1.82) is 0 Å². The topological polar surface area (TPSA) is 209 Å². The van der Waals surface area contributed by atoms with Crippen molar-refractivity contribution in [2.75, 3.05) is 40.8 Å². The van der Waals surface area contributed by atoms with E-state index in [1.165, 1.54) is 14.0 Å². The summed E-state index contributed by atoms with van der Waals surface area (Å²) in [5, 5.41) is 62.9. The maximum atomic E-state index is 14.5. The lowest BCUT2D eigenvalue weighted by molar-refractivity contribution is -0.318. The van der Waals surface area contributed by atoms with Crippen LogP contribution in [0.5, 0.6) is 0 Å². The van der Waals surface area contributed by atoms with Gasteiger partial charge in [-0.15, -0.1) is 0 Å². The summed E-state index contributed by atoms with van der Waals surface area (Å²) in [7, 11) is 5.26. The minimum Gasteiger partial charge on any atom is -0.459 e. The highest BCUT2D eigenvalue weighted by molar-refractivity contribution is 5.83. The lowest BCUT2D eigenvalue weighted by Crippen LogP contribution is -2.60. The number of nitrogens with zero attached hydrogens (tertiary/aromatic N) is 2. The molecule has 16 nitrogen and oxygen atoms in total. The van der Waals surface area contributed by atoms with Gasteiger partial charge in [0.25, 0.3) is 0 Å². The van der Waals surface area contributed by atoms with Crippen molar-refractivity contribution >= 4 is 11.9 Å². The number of methoxy groups -OCH3 is 1. The Morgan fingerprint density at radius 3 is 2.22 bits per heavy atom. The third kappa shape index (κ3) is 13.5. The summed E-state index contributed by atoms with van der Waals surface area (Å²) in [5.74, 6) is -3.29. The molecule has 19 atom stereocenters. The Labute approximate surface area is 388 Å². The van der Waals surface area contributed by atoms with E-state index >= 15 is 0 Å². The van der Waals surface area contributed by atoms with E-state index in [1.54, 1.807) is 34.6 Å². The number of amides is 1. The fourth-order valence-electron chi connectivity index (χ4n) is 10.4. The molecule has 1 aromatic rings. The van der Waals surface area contributed by atoms with Gasteiger partial charge in [-0.2, -0.15) is 0 Å². The van der Waals surface area contributed by atoms with Crippen molar-refractivity contribution in [3.63, 3.8) is 0 Å². The van der Waals surface area contributed by atoms with Gasteiger partial charge in [0, 0.05) is 51.2 Å². The normalized spacial score (nSPS) is 42.4. The fraction of sp³-hybridized carbons (Fsp3) is 0.837. The molecule has 16 heteroatoms. The van der Waals surface area contributed by atoms with Gasteiger partial charge in [-0.05, 0) is 107 Å². The van der Waals surface area contributed by atoms with Gasteiger partial charge in [0.15, 0.2) is 12.6 Å². The largest absolute Gasteiger partial charge is 0.459 e. The van der Waals surface area contributed by atoms with Crippen LogP contribution < -0.4 is 5.32 Å². The molecule has 0 saturated carbocycles. The zero-order chi connectivity index (χ0) is 48.8. The Morgan fingerprint density at radius 1 is 0.969 bits per heavy atom. The molecule has 0 aromatic heterocycles. The zero-order valence-corrected chi connectivity index (χ0v) is 41.7. The molecule has 3 aliphatic rings. The van der Waals surface area contributed by atoms with E-state index in [9.17, 15) is 35.1 Å². The number of benzene rings is 1. The Hall–Kier alpha value is -2.32. The first-order valence-corrected chi connectivity index (χ1v) is 23.9. The number of ether oxygens (including phenoxy) is 6. The minimum absolute atomic E-state index is 0.105. The van der Waals surface area contributed by atoms with Gasteiger partial charge >= 0.3 is 5.97 Å². The molecule has 3 saturated heterocycles. The second kappa shape index (κ2) is 23.3. The van der Waals surface area contributed by atoms with Crippen LogP contribution in [-0.2, 0) is 38.0 Å². The van der Waals surface area contributed by atoms with Gasteiger partial charge in [0.2, 0.25) is 5.91 Å². The van der Waals surface area contributed by atoms with E-state index in [2.05, 4.69) is 5.32 Å². The number of hydrogen-bond acceptors (Lipinski definition) is 15. The van der Waals surface area contributed by atoms with Crippen molar-refractivity contribution in [1.82, 2.24) is 15.1 Å².